The van der Waals surface area contributed by atoms with Gasteiger partial charge in [-0.1, -0.05) is 13.8 Å². The Kier molecular flexibility index (Phi) is 4.79. The van der Waals surface area contributed by atoms with Gasteiger partial charge in [-0.2, -0.15) is 0 Å². The van der Waals surface area contributed by atoms with Crippen LogP contribution in [-0.4, -0.2) is 19.5 Å². The summed E-state index contributed by atoms with van der Waals surface area (Å²) in [5, 5.41) is 0. The Morgan fingerprint density at radius 3 is 2.18 bits per heavy atom. The third-order valence-electron chi connectivity index (χ3n) is 1.60. The van der Waals surface area contributed by atoms with Crippen molar-refractivity contribution >= 4 is 6.29 Å². The molecule has 0 aliphatic rings. The molecule has 0 rings (SSSR count). The molecule has 0 saturated heterocycles. The second-order valence-electron chi connectivity index (χ2n) is 2.88. The van der Waals surface area contributed by atoms with Gasteiger partial charge in [-0.3, -0.25) is 4.79 Å². The van der Waals surface area contributed by atoms with Gasteiger partial charge in [0.1, 0.15) is 6.29 Å². The summed E-state index contributed by atoms with van der Waals surface area (Å²) < 4.78 is 5.00. The Balaban J connectivity index is 4.22. The molecule has 0 saturated carbocycles. The normalized spacial score (nSPS) is 15.2. The Morgan fingerprint density at radius 2 is 1.91 bits per heavy atom. The molecule has 11 heavy (non-hydrogen) atoms. The predicted octanol–water partition coefficient (Wildman–Crippen LogP) is 1.80. The summed E-state index contributed by atoms with van der Waals surface area (Å²) in [5.74, 6) is 0.282. The van der Waals surface area contributed by atoms with E-state index < -0.39 is 0 Å². The van der Waals surface area contributed by atoms with Crippen molar-refractivity contribution in [3.8, 4) is 0 Å². The average Bonchev–Trinajstić information content (AvgIpc) is 1.99. The molecule has 0 bridgehead atoms. The zero-order valence-corrected chi connectivity index (χ0v) is 7.63. The summed E-state index contributed by atoms with van der Waals surface area (Å²) >= 11 is 0. The Bertz CT molecular complexity index is 148. The third-order valence-corrected chi connectivity index (χ3v) is 1.60. The van der Waals surface area contributed by atoms with Crippen LogP contribution in [0.2, 0.25) is 0 Å². The van der Waals surface area contributed by atoms with Gasteiger partial charge in [-0.15, -0.1) is 0 Å². The first kappa shape index (κ1) is 10.4. The van der Waals surface area contributed by atoms with Gasteiger partial charge in [0.15, 0.2) is 0 Å². The minimum Gasteiger partial charge on any atom is -0.378 e. The van der Waals surface area contributed by atoms with Crippen LogP contribution in [0.1, 0.15) is 20.8 Å². The summed E-state index contributed by atoms with van der Waals surface area (Å²) in [7, 11) is 1.63. The highest BCUT2D eigenvalue weighted by molar-refractivity contribution is 5.73. The van der Waals surface area contributed by atoms with Crippen LogP contribution in [0.25, 0.3) is 0 Å². The Morgan fingerprint density at radius 1 is 1.36 bits per heavy atom. The van der Waals surface area contributed by atoms with Crippen LogP contribution in [0.3, 0.4) is 0 Å². The molecule has 0 aliphatic carbocycles. The first-order valence-corrected chi connectivity index (χ1v) is 3.81. The number of allylic oxidation sites excluding steroid dienone is 1. The number of methoxy groups -OCH3 is 1. The monoisotopic (exact) mass is 156 g/mol. The van der Waals surface area contributed by atoms with Crippen molar-refractivity contribution in [1.29, 1.82) is 0 Å². The minimum atomic E-state index is 0.0256. The Hall–Kier alpha value is -0.630. The average molecular weight is 156 g/mol. The van der Waals surface area contributed by atoms with E-state index in [2.05, 4.69) is 0 Å². The van der Waals surface area contributed by atoms with E-state index in [0.717, 1.165) is 11.9 Å². The van der Waals surface area contributed by atoms with Gasteiger partial charge in [0.05, 0.1) is 6.10 Å². The highest BCUT2D eigenvalue weighted by Gasteiger charge is 2.03. The summed E-state index contributed by atoms with van der Waals surface area (Å²) in [6.45, 7) is 5.89. The number of ether oxygens (including phenoxy) is 1. The van der Waals surface area contributed by atoms with Crippen molar-refractivity contribution in [3.63, 3.8) is 0 Å². The van der Waals surface area contributed by atoms with E-state index in [-0.39, 0.29) is 12.0 Å². The van der Waals surface area contributed by atoms with E-state index in [4.69, 9.17) is 4.74 Å². The van der Waals surface area contributed by atoms with Gasteiger partial charge in [0.25, 0.3) is 0 Å². The molecular weight excluding hydrogens is 140 g/mol. The molecule has 0 spiro atoms. The largest absolute Gasteiger partial charge is 0.378 e. The molecule has 64 valence electrons. The van der Waals surface area contributed by atoms with Gasteiger partial charge >= 0.3 is 0 Å². The minimum absolute atomic E-state index is 0.0256. The fourth-order valence-electron chi connectivity index (χ4n) is 0.707. The van der Waals surface area contributed by atoms with Crippen molar-refractivity contribution in [1.82, 2.24) is 0 Å². The molecule has 1 unspecified atom stereocenters. The van der Waals surface area contributed by atoms with Gasteiger partial charge < -0.3 is 4.74 Å². The quantitative estimate of drug-likeness (QED) is 0.458. The van der Waals surface area contributed by atoms with Crippen molar-refractivity contribution in [3.05, 3.63) is 11.6 Å². The van der Waals surface area contributed by atoms with Crippen LogP contribution in [0.4, 0.5) is 0 Å². The molecule has 0 N–H and O–H groups in total. The molecule has 0 fully saturated rings. The standard InChI is InChI=1S/C9H16O2/c1-7(2)9(6-10)5-8(3)11-4/h5-8H,1-4H3/b9-5-. The smallest absolute Gasteiger partial charge is 0.146 e. The van der Waals surface area contributed by atoms with Crippen molar-refractivity contribution in [2.45, 2.75) is 26.9 Å². The maximum Gasteiger partial charge on any atom is 0.146 e. The van der Waals surface area contributed by atoms with E-state index in [1.54, 1.807) is 7.11 Å². The fraction of sp³-hybridized carbons (Fsp3) is 0.667. The lowest BCUT2D eigenvalue weighted by molar-refractivity contribution is -0.105. The molecular formula is C9H16O2. The summed E-state index contributed by atoms with van der Waals surface area (Å²) in [6, 6.07) is 0. The van der Waals surface area contributed by atoms with Gasteiger partial charge in [-0.25, -0.2) is 0 Å². The Labute approximate surface area is 68.2 Å². The summed E-state index contributed by atoms with van der Waals surface area (Å²) in [6.07, 6.45) is 2.76. The van der Waals surface area contributed by atoms with Gasteiger partial charge in [-0.05, 0) is 24.5 Å². The number of rotatable bonds is 4. The molecule has 0 radical (unpaired) electrons. The number of aldehydes is 1. The first-order valence-electron chi connectivity index (χ1n) is 3.81. The van der Waals surface area contributed by atoms with Gasteiger partial charge in [0, 0.05) is 7.11 Å². The molecule has 0 aliphatic heterocycles. The molecule has 0 aromatic heterocycles. The van der Waals surface area contributed by atoms with Crippen molar-refractivity contribution in [2.24, 2.45) is 5.92 Å². The summed E-state index contributed by atoms with van der Waals surface area (Å²) in [5.41, 5.74) is 0.805. The number of carbonyl (C=O) groups excluding carboxylic acids is 1. The fourth-order valence-corrected chi connectivity index (χ4v) is 0.707. The first-order chi connectivity index (χ1) is 5.11. The summed E-state index contributed by atoms with van der Waals surface area (Å²) in [4.78, 5) is 10.5. The van der Waals surface area contributed by atoms with E-state index in [0.29, 0.717) is 0 Å². The number of carbonyl (C=O) groups is 1. The van der Waals surface area contributed by atoms with Crippen LogP contribution < -0.4 is 0 Å². The van der Waals surface area contributed by atoms with E-state index in [9.17, 15) is 4.79 Å². The molecule has 1 atom stereocenters. The lowest BCUT2D eigenvalue weighted by Crippen LogP contribution is -2.05. The lowest BCUT2D eigenvalue weighted by Gasteiger charge is -2.07. The predicted molar refractivity (Wildman–Crippen MR) is 45.5 cm³/mol. The lowest BCUT2D eigenvalue weighted by atomic mass is 10.0. The second-order valence-corrected chi connectivity index (χ2v) is 2.88. The zero-order chi connectivity index (χ0) is 8.85. The second kappa shape index (κ2) is 5.08. The number of hydrogen-bond acceptors (Lipinski definition) is 2. The van der Waals surface area contributed by atoms with Crippen LogP contribution in [0.15, 0.2) is 11.6 Å². The van der Waals surface area contributed by atoms with Crippen LogP contribution in [0.5, 0.6) is 0 Å². The molecule has 2 nitrogen and oxygen atoms in total. The van der Waals surface area contributed by atoms with Crippen LogP contribution in [-0.2, 0) is 9.53 Å². The van der Waals surface area contributed by atoms with E-state index in [1.807, 2.05) is 26.8 Å². The SMILES string of the molecule is COC(C)/C=C(/C=O)C(C)C. The molecule has 0 amide bonds. The maximum atomic E-state index is 10.5. The van der Waals surface area contributed by atoms with Crippen LogP contribution in [0, 0.1) is 5.92 Å². The number of hydrogen-bond donors (Lipinski definition) is 0. The highest BCUT2D eigenvalue weighted by Crippen LogP contribution is 2.07. The topological polar surface area (TPSA) is 26.3 Å². The third kappa shape index (κ3) is 3.94. The molecule has 0 heterocycles. The maximum absolute atomic E-state index is 10.5. The molecule has 0 aromatic carbocycles. The molecule has 2 heteroatoms. The van der Waals surface area contributed by atoms with E-state index >= 15 is 0 Å². The van der Waals surface area contributed by atoms with Crippen molar-refractivity contribution in [2.75, 3.05) is 7.11 Å². The molecule has 0 aromatic rings. The van der Waals surface area contributed by atoms with Crippen LogP contribution >= 0.6 is 0 Å². The van der Waals surface area contributed by atoms with Crippen molar-refractivity contribution < 1.29 is 9.53 Å². The zero-order valence-electron chi connectivity index (χ0n) is 7.63. The highest BCUT2D eigenvalue weighted by atomic mass is 16.5. The van der Waals surface area contributed by atoms with Gasteiger partial charge in [0.2, 0.25) is 0 Å². The van der Waals surface area contributed by atoms with E-state index in [1.165, 1.54) is 0 Å².